The van der Waals surface area contributed by atoms with E-state index in [1.54, 1.807) is 0 Å². The maximum atomic E-state index is 5.27. The van der Waals surface area contributed by atoms with Crippen molar-refractivity contribution in [1.29, 1.82) is 0 Å². The molecule has 11 rings (SSSR count). The molecule has 8 aromatic carbocycles. The summed E-state index contributed by atoms with van der Waals surface area (Å²) in [6.07, 6.45) is 0. The fourth-order valence-corrected chi connectivity index (χ4v) is 8.28. The Hall–Kier alpha value is -7.63. The molecule has 56 heavy (non-hydrogen) atoms. The van der Waals surface area contributed by atoms with Gasteiger partial charge in [0.25, 0.3) is 0 Å². The van der Waals surface area contributed by atoms with Gasteiger partial charge in [0.05, 0.1) is 27.8 Å². The highest BCUT2D eigenvalue weighted by atomic mass is 15.1. The molecule has 0 amide bonds. The third-order valence-electron chi connectivity index (χ3n) is 10.8. The van der Waals surface area contributed by atoms with Crippen LogP contribution in [0.3, 0.4) is 0 Å². The van der Waals surface area contributed by atoms with Crippen LogP contribution in [0.15, 0.2) is 200 Å². The Kier molecular flexibility index (Phi) is 7.42. The first-order valence-corrected chi connectivity index (χ1v) is 18.9. The summed E-state index contributed by atoms with van der Waals surface area (Å²) in [4.78, 5) is 15.6. The van der Waals surface area contributed by atoms with Gasteiger partial charge in [-0.25, -0.2) is 15.0 Å². The molecular weight excluding hydrogens is 683 g/mol. The van der Waals surface area contributed by atoms with E-state index >= 15 is 0 Å². The van der Waals surface area contributed by atoms with Crippen molar-refractivity contribution in [2.45, 2.75) is 0 Å². The fraction of sp³-hybridized carbons (Fsp3) is 0. The summed E-state index contributed by atoms with van der Waals surface area (Å²) >= 11 is 0. The number of rotatable bonds is 6. The Morgan fingerprint density at radius 1 is 0.304 bits per heavy atom. The minimum Gasteiger partial charge on any atom is -0.309 e. The van der Waals surface area contributed by atoms with Crippen LogP contribution in [0.2, 0.25) is 0 Å². The number of para-hydroxylation sites is 4. The normalized spacial score (nSPS) is 11.6. The second-order valence-corrected chi connectivity index (χ2v) is 14.0. The van der Waals surface area contributed by atoms with Gasteiger partial charge in [0.2, 0.25) is 0 Å². The zero-order chi connectivity index (χ0) is 37.0. The molecule has 0 saturated carbocycles. The molecule has 0 saturated heterocycles. The lowest BCUT2D eigenvalue weighted by Gasteiger charge is -2.13. The van der Waals surface area contributed by atoms with Crippen LogP contribution in [0, 0.1) is 0 Å². The third-order valence-corrected chi connectivity index (χ3v) is 10.8. The molecule has 0 aliphatic rings. The molecule has 0 atom stereocenters. The van der Waals surface area contributed by atoms with E-state index in [4.69, 9.17) is 15.0 Å². The fourth-order valence-electron chi connectivity index (χ4n) is 8.28. The zero-order valence-electron chi connectivity index (χ0n) is 30.3. The number of hydrogen-bond acceptors (Lipinski definition) is 3. The first-order chi connectivity index (χ1) is 27.8. The van der Waals surface area contributed by atoms with Gasteiger partial charge in [-0.2, -0.15) is 0 Å². The summed E-state index contributed by atoms with van der Waals surface area (Å²) in [5.74, 6) is 1.87. The van der Waals surface area contributed by atoms with Gasteiger partial charge < -0.3 is 9.13 Å². The average molecular weight is 716 g/mol. The van der Waals surface area contributed by atoms with Crippen LogP contribution < -0.4 is 0 Å². The standard InChI is InChI=1S/C51H33N5/c1-4-16-34(17-5-1)35-30-32-37(33-31-35)50-52-49(36-18-6-2-7-19-36)53-51(54-50)42-25-14-24-41-47-45(55(48(41)42)38-20-8-3-9-21-38)28-15-29-46(47)56-43-26-12-10-22-39(43)40-23-11-13-27-44(40)56/h1-33H. The first kappa shape index (κ1) is 31.9. The lowest BCUT2D eigenvalue weighted by atomic mass is 10.0. The summed E-state index contributed by atoms with van der Waals surface area (Å²) in [6.45, 7) is 0. The van der Waals surface area contributed by atoms with E-state index in [9.17, 15) is 0 Å². The van der Waals surface area contributed by atoms with E-state index in [0.29, 0.717) is 17.5 Å². The van der Waals surface area contributed by atoms with Gasteiger partial charge in [-0.15, -0.1) is 0 Å². The summed E-state index contributed by atoms with van der Waals surface area (Å²) in [5, 5.41) is 4.74. The van der Waals surface area contributed by atoms with Crippen LogP contribution in [-0.2, 0) is 0 Å². The van der Waals surface area contributed by atoms with E-state index in [2.05, 4.69) is 185 Å². The van der Waals surface area contributed by atoms with E-state index in [-0.39, 0.29) is 0 Å². The zero-order valence-corrected chi connectivity index (χ0v) is 30.3. The second-order valence-electron chi connectivity index (χ2n) is 14.0. The van der Waals surface area contributed by atoms with Gasteiger partial charge in [0.15, 0.2) is 17.5 Å². The molecule has 5 nitrogen and oxygen atoms in total. The van der Waals surface area contributed by atoms with Gasteiger partial charge in [-0.1, -0.05) is 158 Å². The molecule has 0 N–H and O–H groups in total. The molecule has 0 unspecified atom stereocenters. The van der Waals surface area contributed by atoms with E-state index in [1.165, 1.54) is 27.4 Å². The topological polar surface area (TPSA) is 48.5 Å². The van der Waals surface area contributed by atoms with Crippen LogP contribution >= 0.6 is 0 Å². The van der Waals surface area contributed by atoms with E-state index < -0.39 is 0 Å². The smallest absolute Gasteiger partial charge is 0.166 e. The summed E-state index contributed by atoms with van der Waals surface area (Å²) < 4.78 is 4.79. The molecule has 262 valence electrons. The lowest BCUT2D eigenvalue weighted by molar-refractivity contribution is 1.07. The van der Waals surface area contributed by atoms with Crippen LogP contribution in [0.1, 0.15) is 0 Å². The Morgan fingerprint density at radius 3 is 1.43 bits per heavy atom. The minimum absolute atomic E-state index is 0.616. The van der Waals surface area contributed by atoms with Gasteiger partial charge in [0, 0.05) is 43.9 Å². The summed E-state index contributed by atoms with van der Waals surface area (Å²) in [5.41, 5.74) is 11.8. The monoisotopic (exact) mass is 715 g/mol. The van der Waals surface area contributed by atoms with Crippen LogP contribution in [0.4, 0.5) is 0 Å². The van der Waals surface area contributed by atoms with E-state index in [0.717, 1.165) is 55.4 Å². The van der Waals surface area contributed by atoms with Crippen molar-refractivity contribution in [3.05, 3.63) is 200 Å². The molecule has 0 spiro atoms. The number of aromatic nitrogens is 5. The Bertz CT molecular complexity index is 3170. The van der Waals surface area contributed by atoms with Crippen molar-refractivity contribution in [2.75, 3.05) is 0 Å². The van der Waals surface area contributed by atoms with Crippen molar-refractivity contribution in [1.82, 2.24) is 24.1 Å². The number of nitrogens with zero attached hydrogens (tertiary/aromatic N) is 5. The van der Waals surface area contributed by atoms with Crippen molar-refractivity contribution in [3.8, 4) is 56.7 Å². The van der Waals surface area contributed by atoms with Crippen molar-refractivity contribution in [2.24, 2.45) is 0 Å². The first-order valence-electron chi connectivity index (χ1n) is 18.9. The maximum Gasteiger partial charge on any atom is 0.166 e. The van der Waals surface area contributed by atoms with Crippen molar-refractivity contribution in [3.63, 3.8) is 0 Å². The molecule has 0 aliphatic carbocycles. The lowest BCUT2D eigenvalue weighted by Crippen LogP contribution is -2.02. The number of hydrogen-bond donors (Lipinski definition) is 0. The van der Waals surface area contributed by atoms with Crippen LogP contribution in [0.25, 0.3) is 100 Å². The molecule has 0 fully saturated rings. The highest BCUT2D eigenvalue weighted by Crippen LogP contribution is 2.42. The Labute approximate surface area is 323 Å². The van der Waals surface area contributed by atoms with Crippen molar-refractivity contribution < 1.29 is 0 Å². The summed E-state index contributed by atoms with van der Waals surface area (Å²) in [7, 11) is 0. The van der Waals surface area contributed by atoms with Gasteiger partial charge in [-0.3, -0.25) is 0 Å². The predicted molar refractivity (Wildman–Crippen MR) is 230 cm³/mol. The SMILES string of the molecule is c1ccc(-c2ccc(-c3nc(-c4ccccc4)nc(-c4cccc5c6c(-n7c8ccccc8c8ccccc87)cccc6n(-c6ccccc6)c45)n3)cc2)cc1. The Morgan fingerprint density at radius 2 is 0.768 bits per heavy atom. The molecule has 3 heterocycles. The average Bonchev–Trinajstić information content (AvgIpc) is 3.81. The Balaban J connectivity index is 1.20. The van der Waals surface area contributed by atoms with Crippen LogP contribution in [-0.4, -0.2) is 24.1 Å². The third kappa shape index (κ3) is 5.13. The minimum atomic E-state index is 0.616. The largest absolute Gasteiger partial charge is 0.309 e. The quantitative estimate of drug-likeness (QED) is 0.172. The molecule has 0 radical (unpaired) electrons. The molecule has 5 heteroatoms. The van der Waals surface area contributed by atoms with Gasteiger partial charge >= 0.3 is 0 Å². The highest BCUT2D eigenvalue weighted by Gasteiger charge is 2.23. The maximum absolute atomic E-state index is 5.27. The van der Waals surface area contributed by atoms with Crippen LogP contribution in [0.5, 0.6) is 0 Å². The molecule has 0 aliphatic heterocycles. The number of fused-ring (bicyclic) bond motifs is 6. The van der Waals surface area contributed by atoms with Crippen molar-refractivity contribution >= 4 is 43.6 Å². The predicted octanol–water partition coefficient (Wildman–Crippen LogP) is 12.7. The molecular formula is C51H33N5. The number of benzene rings is 8. The summed E-state index contributed by atoms with van der Waals surface area (Å²) in [6, 6.07) is 70.2. The van der Waals surface area contributed by atoms with Gasteiger partial charge in [-0.05, 0) is 53.6 Å². The molecule has 3 aromatic heterocycles. The highest BCUT2D eigenvalue weighted by molar-refractivity contribution is 6.18. The molecule has 11 aromatic rings. The van der Waals surface area contributed by atoms with Gasteiger partial charge in [0.1, 0.15) is 0 Å². The second kappa shape index (κ2) is 13.0. The van der Waals surface area contributed by atoms with E-state index in [1.807, 2.05) is 24.3 Å². The molecule has 0 bridgehead atoms.